The Kier molecular flexibility index (Phi) is 5.27. The first-order valence-corrected chi connectivity index (χ1v) is 12.7. The predicted molar refractivity (Wildman–Crippen MR) is 121 cm³/mol. The molecule has 5 rings (SSSR count). The van der Waals surface area contributed by atoms with Gasteiger partial charge in [0.05, 0.1) is 6.10 Å². The Morgan fingerprint density at radius 2 is 1.97 bits per heavy atom. The van der Waals surface area contributed by atoms with E-state index in [1.165, 1.54) is 51.5 Å². The van der Waals surface area contributed by atoms with Crippen LogP contribution in [0.4, 0.5) is 0 Å². The van der Waals surface area contributed by atoms with Crippen molar-refractivity contribution in [3.63, 3.8) is 0 Å². The number of rotatable bonds is 2. The molecule has 0 amide bonds. The molecule has 29 heavy (non-hydrogen) atoms. The number of allylic oxidation sites excluding steroid dienone is 3. The standard InChI is InChI=1S/C27H43NO/c1-16-5-10-26(28-15-16)18(3)21-8-9-22-23-7-6-19-13-20(29)11-12-27(19,4)25(23)14-24(22)17(21)2/h6,16,18,20-23,25-26,28-29H,5,7-15H2,1-4H3/t16-,18+,20-,21-,22-,23-,25-,26+,27-/m0/s1. The molecule has 0 bridgehead atoms. The van der Waals surface area contributed by atoms with Crippen molar-refractivity contribution in [3.05, 3.63) is 22.8 Å². The normalized spacial score (nSPS) is 48.4. The van der Waals surface area contributed by atoms with Gasteiger partial charge in [0.1, 0.15) is 0 Å². The highest BCUT2D eigenvalue weighted by atomic mass is 16.3. The highest BCUT2D eigenvalue weighted by Gasteiger charge is 2.54. The van der Waals surface area contributed by atoms with Crippen LogP contribution in [-0.2, 0) is 0 Å². The van der Waals surface area contributed by atoms with Crippen molar-refractivity contribution in [2.75, 3.05) is 6.54 Å². The zero-order valence-electron chi connectivity index (χ0n) is 19.2. The fraction of sp³-hybridized carbons (Fsp3) is 0.852. The number of aliphatic hydroxyl groups excluding tert-OH is 1. The minimum absolute atomic E-state index is 0.0913. The molecule has 0 aromatic heterocycles. The third kappa shape index (κ3) is 3.28. The van der Waals surface area contributed by atoms with Gasteiger partial charge in [-0.1, -0.05) is 43.6 Å². The summed E-state index contributed by atoms with van der Waals surface area (Å²) in [6, 6.07) is 0.720. The summed E-state index contributed by atoms with van der Waals surface area (Å²) < 4.78 is 0. The number of fused-ring (bicyclic) bond motifs is 5. The maximum Gasteiger partial charge on any atom is 0.0577 e. The van der Waals surface area contributed by atoms with E-state index in [4.69, 9.17) is 0 Å². The molecule has 5 aliphatic rings. The zero-order chi connectivity index (χ0) is 20.3. The highest BCUT2D eigenvalue weighted by molar-refractivity contribution is 5.34. The molecule has 1 saturated heterocycles. The second-order valence-electron chi connectivity index (χ2n) is 11.8. The van der Waals surface area contributed by atoms with Crippen LogP contribution in [-0.4, -0.2) is 23.8 Å². The van der Waals surface area contributed by atoms with Gasteiger partial charge in [0.25, 0.3) is 0 Å². The largest absolute Gasteiger partial charge is 0.393 e. The molecule has 2 N–H and O–H groups in total. The number of hydrogen-bond acceptors (Lipinski definition) is 2. The van der Waals surface area contributed by atoms with Gasteiger partial charge in [-0.25, -0.2) is 0 Å². The first-order chi connectivity index (χ1) is 13.9. The fourth-order valence-corrected chi connectivity index (χ4v) is 8.40. The molecule has 3 fully saturated rings. The van der Waals surface area contributed by atoms with Gasteiger partial charge in [0.15, 0.2) is 0 Å². The highest BCUT2D eigenvalue weighted by Crippen LogP contribution is 2.63. The van der Waals surface area contributed by atoms with Gasteiger partial charge in [0.2, 0.25) is 0 Å². The van der Waals surface area contributed by atoms with E-state index in [0.717, 1.165) is 54.4 Å². The van der Waals surface area contributed by atoms with Crippen molar-refractivity contribution in [1.82, 2.24) is 5.32 Å². The molecule has 0 radical (unpaired) electrons. The van der Waals surface area contributed by atoms with Crippen LogP contribution in [0.3, 0.4) is 0 Å². The molecule has 0 aromatic carbocycles. The summed E-state index contributed by atoms with van der Waals surface area (Å²) in [6.07, 6.45) is 13.8. The van der Waals surface area contributed by atoms with Crippen molar-refractivity contribution in [3.8, 4) is 0 Å². The Hall–Kier alpha value is -0.600. The zero-order valence-corrected chi connectivity index (χ0v) is 19.2. The monoisotopic (exact) mass is 397 g/mol. The van der Waals surface area contributed by atoms with Crippen LogP contribution in [0.15, 0.2) is 22.8 Å². The second kappa shape index (κ2) is 7.52. The lowest BCUT2D eigenvalue weighted by atomic mass is 9.56. The maximum absolute atomic E-state index is 10.2. The molecule has 4 aliphatic carbocycles. The van der Waals surface area contributed by atoms with Crippen LogP contribution < -0.4 is 5.32 Å². The Balaban J connectivity index is 1.37. The molecule has 162 valence electrons. The van der Waals surface area contributed by atoms with Crippen molar-refractivity contribution in [2.24, 2.45) is 40.9 Å². The van der Waals surface area contributed by atoms with E-state index in [2.05, 4.69) is 39.1 Å². The lowest BCUT2D eigenvalue weighted by Gasteiger charge is -2.49. The van der Waals surface area contributed by atoms with Crippen molar-refractivity contribution >= 4 is 0 Å². The van der Waals surface area contributed by atoms with Crippen LogP contribution in [0, 0.1) is 40.9 Å². The summed E-state index contributed by atoms with van der Waals surface area (Å²) in [5, 5.41) is 14.1. The topological polar surface area (TPSA) is 32.3 Å². The van der Waals surface area contributed by atoms with E-state index in [1.807, 2.05) is 5.57 Å². The van der Waals surface area contributed by atoms with Crippen molar-refractivity contribution < 1.29 is 5.11 Å². The van der Waals surface area contributed by atoms with E-state index in [-0.39, 0.29) is 6.10 Å². The Labute approximate surface area is 178 Å². The van der Waals surface area contributed by atoms with Gasteiger partial charge in [-0.2, -0.15) is 0 Å². The summed E-state index contributed by atoms with van der Waals surface area (Å²) in [4.78, 5) is 0. The first kappa shape index (κ1) is 20.3. The summed E-state index contributed by atoms with van der Waals surface area (Å²) in [5.74, 6) is 4.96. The van der Waals surface area contributed by atoms with Gasteiger partial charge in [-0.15, -0.1) is 0 Å². The summed E-state index contributed by atoms with van der Waals surface area (Å²) in [5.41, 5.74) is 5.60. The molecule has 0 spiro atoms. The lowest BCUT2D eigenvalue weighted by Crippen LogP contribution is -2.45. The van der Waals surface area contributed by atoms with Crippen molar-refractivity contribution in [2.45, 2.75) is 97.6 Å². The quantitative estimate of drug-likeness (QED) is 0.571. The minimum Gasteiger partial charge on any atom is -0.393 e. The van der Waals surface area contributed by atoms with Crippen LogP contribution in [0.5, 0.6) is 0 Å². The molecule has 1 aliphatic heterocycles. The number of nitrogens with one attached hydrogen (secondary N) is 1. The maximum atomic E-state index is 10.2. The summed E-state index contributed by atoms with van der Waals surface area (Å²) in [6.45, 7) is 11.2. The molecular weight excluding hydrogens is 354 g/mol. The summed E-state index contributed by atoms with van der Waals surface area (Å²) >= 11 is 0. The SMILES string of the molecule is CC1=C2C[C@H]3[C@@H](CC=C4C[C@@H](O)CC[C@@]43C)[C@@H]2CC[C@@H]1[C@@H](C)[C@H]1CC[C@H](C)CN1. The van der Waals surface area contributed by atoms with Gasteiger partial charge >= 0.3 is 0 Å². The number of piperidine rings is 1. The Morgan fingerprint density at radius 3 is 2.72 bits per heavy atom. The molecule has 2 heteroatoms. The number of hydrogen-bond donors (Lipinski definition) is 2. The molecule has 2 nitrogen and oxygen atoms in total. The average Bonchev–Trinajstić information content (AvgIpc) is 3.10. The third-order valence-electron chi connectivity index (χ3n) is 10.4. The van der Waals surface area contributed by atoms with E-state index in [1.54, 1.807) is 11.1 Å². The van der Waals surface area contributed by atoms with Gasteiger partial charge in [-0.05, 0) is 112 Å². The van der Waals surface area contributed by atoms with Gasteiger partial charge in [0, 0.05) is 6.04 Å². The fourth-order valence-electron chi connectivity index (χ4n) is 8.40. The minimum atomic E-state index is -0.0913. The molecule has 0 aromatic rings. The molecule has 1 heterocycles. The van der Waals surface area contributed by atoms with Crippen molar-refractivity contribution in [1.29, 1.82) is 0 Å². The average molecular weight is 398 g/mol. The van der Waals surface area contributed by atoms with Crippen LogP contribution >= 0.6 is 0 Å². The van der Waals surface area contributed by atoms with Gasteiger partial charge < -0.3 is 10.4 Å². The number of aliphatic hydroxyl groups is 1. The van der Waals surface area contributed by atoms with Gasteiger partial charge in [-0.3, -0.25) is 0 Å². The lowest BCUT2D eigenvalue weighted by molar-refractivity contribution is 0.0547. The molecule has 0 unspecified atom stereocenters. The van der Waals surface area contributed by atoms with Crippen LogP contribution in [0.1, 0.15) is 85.5 Å². The van der Waals surface area contributed by atoms with E-state index in [9.17, 15) is 5.11 Å². The Morgan fingerprint density at radius 1 is 1.14 bits per heavy atom. The molecule has 9 atom stereocenters. The predicted octanol–water partition coefficient (Wildman–Crippen LogP) is 5.87. The smallest absolute Gasteiger partial charge is 0.0577 e. The van der Waals surface area contributed by atoms with E-state index < -0.39 is 0 Å². The first-order valence-electron chi connectivity index (χ1n) is 12.7. The van der Waals surface area contributed by atoms with E-state index >= 15 is 0 Å². The van der Waals surface area contributed by atoms with E-state index in [0.29, 0.717) is 5.41 Å². The molecular formula is C27H43NO. The summed E-state index contributed by atoms with van der Waals surface area (Å²) in [7, 11) is 0. The third-order valence-corrected chi connectivity index (χ3v) is 10.4. The van der Waals surface area contributed by atoms with Crippen LogP contribution in [0.25, 0.3) is 0 Å². The van der Waals surface area contributed by atoms with Crippen LogP contribution in [0.2, 0.25) is 0 Å². The Bertz CT molecular complexity index is 699. The molecule has 2 saturated carbocycles. The second-order valence-corrected chi connectivity index (χ2v) is 11.8.